The molecule has 0 N–H and O–H groups in total. The lowest BCUT2D eigenvalue weighted by atomic mass is 10.1. The molecule has 170 valence electrons. The van der Waals surface area contributed by atoms with Gasteiger partial charge in [0, 0.05) is 6.42 Å². The number of carbonyl (C=O) groups is 1. The van der Waals surface area contributed by atoms with Crippen LogP contribution < -0.4 is 10.4 Å². The van der Waals surface area contributed by atoms with Gasteiger partial charge in [0.25, 0.3) is 8.32 Å². The highest BCUT2D eigenvalue weighted by Crippen LogP contribution is 2.39. The van der Waals surface area contributed by atoms with E-state index < -0.39 is 8.32 Å². The van der Waals surface area contributed by atoms with Crippen LogP contribution in [0.25, 0.3) is 0 Å². The number of allylic oxidation sites excluding steroid dienone is 3. The van der Waals surface area contributed by atoms with E-state index in [1.807, 2.05) is 12.1 Å². The van der Waals surface area contributed by atoms with Crippen molar-refractivity contribution in [3.63, 3.8) is 0 Å². The zero-order chi connectivity index (χ0) is 23.0. The molecule has 1 aliphatic rings. The van der Waals surface area contributed by atoms with Crippen molar-refractivity contribution in [1.29, 1.82) is 0 Å². The lowest BCUT2D eigenvalue weighted by Gasteiger charge is -2.45. The van der Waals surface area contributed by atoms with Crippen molar-refractivity contribution in [2.45, 2.75) is 70.6 Å². The Hall–Kier alpha value is -2.43. The molecule has 0 unspecified atom stereocenters. The third-order valence-electron chi connectivity index (χ3n) is 6.02. The number of carbonyl (C=O) groups excluding carboxylic acids is 1. The first-order valence-electron chi connectivity index (χ1n) is 11.7. The molecule has 0 aliphatic carbocycles. The topological polar surface area (TPSA) is 35.5 Å². The summed E-state index contributed by atoms with van der Waals surface area (Å²) in [7, 11) is -2.72. The van der Waals surface area contributed by atoms with Gasteiger partial charge in [0.1, 0.15) is 6.10 Å². The fraction of sp³-hybridized carbons (Fsp3) is 0.393. The van der Waals surface area contributed by atoms with E-state index in [-0.39, 0.29) is 23.2 Å². The van der Waals surface area contributed by atoms with Crippen LogP contribution >= 0.6 is 0 Å². The van der Waals surface area contributed by atoms with Crippen molar-refractivity contribution in [3.05, 3.63) is 85.0 Å². The number of cyclic esters (lactones) is 1. The smallest absolute Gasteiger partial charge is 0.308 e. The molecule has 3 nitrogen and oxygen atoms in total. The van der Waals surface area contributed by atoms with Gasteiger partial charge in [0.05, 0.1) is 12.5 Å². The number of hydrogen-bond acceptors (Lipinski definition) is 3. The standard InChI is InChI=1S/C28H36O3Si/c1-5-6-7-8-9-16-21-25-26(22-27(29)30-25)31-32(28(2,3)4,23-17-12-10-13-18-23)24-19-14-11-15-20-24/h6-7,9-20,25-26H,5,8,21-22H2,1-4H3/b7-6+,16-9-/t25-,26-/m1/s1. The van der Waals surface area contributed by atoms with E-state index in [9.17, 15) is 4.79 Å². The molecule has 0 amide bonds. The Kier molecular flexibility index (Phi) is 8.27. The molecule has 1 fully saturated rings. The number of rotatable bonds is 9. The third kappa shape index (κ3) is 5.48. The first-order valence-corrected chi connectivity index (χ1v) is 13.6. The predicted octanol–water partition coefficient (Wildman–Crippen LogP) is 5.55. The second-order valence-electron chi connectivity index (χ2n) is 9.37. The summed E-state index contributed by atoms with van der Waals surface area (Å²) in [5, 5.41) is 2.31. The van der Waals surface area contributed by atoms with Crippen molar-refractivity contribution in [2.24, 2.45) is 0 Å². The van der Waals surface area contributed by atoms with Gasteiger partial charge in [-0.3, -0.25) is 4.79 Å². The Morgan fingerprint density at radius 2 is 1.50 bits per heavy atom. The van der Waals surface area contributed by atoms with Crippen molar-refractivity contribution < 1.29 is 14.0 Å². The molecule has 3 rings (SSSR count). The van der Waals surface area contributed by atoms with Crippen LogP contribution in [-0.4, -0.2) is 26.5 Å². The second kappa shape index (κ2) is 10.9. The maximum Gasteiger partial charge on any atom is 0.308 e. The molecule has 1 heterocycles. The molecule has 0 saturated carbocycles. The van der Waals surface area contributed by atoms with Gasteiger partial charge in [-0.1, -0.05) is 113 Å². The van der Waals surface area contributed by atoms with E-state index in [4.69, 9.17) is 9.16 Å². The summed E-state index contributed by atoms with van der Waals surface area (Å²) in [4.78, 5) is 12.3. The largest absolute Gasteiger partial charge is 0.459 e. The normalized spacial score (nSPS) is 19.7. The van der Waals surface area contributed by atoms with E-state index in [1.165, 1.54) is 10.4 Å². The maximum atomic E-state index is 12.3. The van der Waals surface area contributed by atoms with Crippen molar-refractivity contribution in [1.82, 2.24) is 0 Å². The second-order valence-corrected chi connectivity index (χ2v) is 13.6. The van der Waals surface area contributed by atoms with Crippen molar-refractivity contribution in [3.8, 4) is 0 Å². The van der Waals surface area contributed by atoms with Gasteiger partial charge in [-0.15, -0.1) is 0 Å². The summed E-state index contributed by atoms with van der Waals surface area (Å²) in [5.41, 5.74) is 0. The zero-order valence-electron chi connectivity index (χ0n) is 19.8. The Morgan fingerprint density at radius 3 is 2.03 bits per heavy atom. The van der Waals surface area contributed by atoms with Gasteiger partial charge in [0.15, 0.2) is 0 Å². The van der Waals surface area contributed by atoms with E-state index >= 15 is 0 Å². The quantitative estimate of drug-likeness (QED) is 0.287. The lowest BCUT2D eigenvalue weighted by molar-refractivity contribution is -0.141. The third-order valence-corrected chi connectivity index (χ3v) is 11.1. The van der Waals surface area contributed by atoms with Crippen LogP contribution in [-0.2, 0) is 14.0 Å². The molecule has 2 aromatic rings. The Balaban J connectivity index is 1.95. The minimum atomic E-state index is -2.72. The van der Waals surface area contributed by atoms with Crippen LogP contribution in [0.1, 0.15) is 53.4 Å². The van der Waals surface area contributed by atoms with Gasteiger partial charge in [0.2, 0.25) is 0 Å². The predicted molar refractivity (Wildman–Crippen MR) is 135 cm³/mol. The minimum absolute atomic E-state index is 0.132. The number of hydrogen-bond donors (Lipinski definition) is 0. The molecule has 0 spiro atoms. The summed E-state index contributed by atoms with van der Waals surface area (Å²) in [6, 6.07) is 21.1. The molecular formula is C28H36O3Si. The fourth-order valence-corrected chi connectivity index (χ4v) is 9.20. The lowest BCUT2D eigenvalue weighted by Crippen LogP contribution is -2.68. The van der Waals surface area contributed by atoms with Crippen LogP contribution in [0, 0.1) is 0 Å². The molecule has 1 aliphatic heterocycles. The zero-order valence-corrected chi connectivity index (χ0v) is 20.8. The molecule has 4 heteroatoms. The van der Waals surface area contributed by atoms with E-state index in [1.54, 1.807) is 0 Å². The van der Waals surface area contributed by atoms with Gasteiger partial charge in [-0.25, -0.2) is 0 Å². The van der Waals surface area contributed by atoms with Crippen LogP contribution in [0.15, 0.2) is 85.0 Å². The first-order chi connectivity index (χ1) is 15.4. The Bertz CT molecular complexity index is 873. The Labute approximate surface area is 194 Å². The van der Waals surface area contributed by atoms with Crippen LogP contribution in [0.2, 0.25) is 5.04 Å². The molecule has 0 radical (unpaired) electrons. The molecule has 2 aromatic carbocycles. The first kappa shape index (κ1) is 24.2. The highest BCUT2D eigenvalue weighted by molar-refractivity contribution is 6.99. The highest BCUT2D eigenvalue weighted by Gasteiger charge is 2.53. The fourth-order valence-electron chi connectivity index (χ4n) is 4.49. The molecular weight excluding hydrogens is 412 g/mol. The highest BCUT2D eigenvalue weighted by atomic mass is 28.4. The monoisotopic (exact) mass is 448 g/mol. The van der Waals surface area contributed by atoms with Crippen LogP contribution in [0.3, 0.4) is 0 Å². The van der Waals surface area contributed by atoms with E-state index in [0.29, 0.717) is 12.8 Å². The van der Waals surface area contributed by atoms with Gasteiger partial charge < -0.3 is 9.16 Å². The van der Waals surface area contributed by atoms with E-state index in [0.717, 1.165) is 12.8 Å². The summed E-state index contributed by atoms with van der Waals surface area (Å²) in [6.45, 7) is 8.90. The van der Waals surface area contributed by atoms with Crippen LogP contribution in [0.5, 0.6) is 0 Å². The van der Waals surface area contributed by atoms with Gasteiger partial charge in [-0.2, -0.15) is 0 Å². The average molecular weight is 449 g/mol. The van der Waals surface area contributed by atoms with E-state index in [2.05, 4.69) is 101 Å². The van der Waals surface area contributed by atoms with Gasteiger partial charge >= 0.3 is 5.97 Å². The number of benzene rings is 2. The molecule has 2 atom stereocenters. The number of esters is 1. The Morgan fingerprint density at radius 1 is 0.938 bits per heavy atom. The SMILES string of the molecule is CC/C=C/C/C=C\C[C@H]1OC(=O)C[C@H]1O[Si](c1ccccc1)(c1ccccc1)C(C)(C)C. The van der Waals surface area contributed by atoms with Gasteiger partial charge in [-0.05, 0) is 28.3 Å². The number of ether oxygens (including phenoxy) is 1. The molecule has 0 bridgehead atoms. The minimum Gasteiger partial charge on any atom is -0.459 e. The molecule has 32 heavy (non-hydrogen) atoms. The summed E-state index contributed by atoms with van der Waals surface area (Å²) >= 11 is 0. The summed E-state index contributed by atoms with van der Waals surface area (Å²) in [6.07, 6.45) is 11.0. The van der Waals surface area contributed by atoms with Crippen molar-refractivity contribution in [2.75, 3.05) is 0 Å². The molecule has 0 aromatic heterocycles. The van der Waals surface area contributed by atoms with Crippen LogP contribution in [0.4, 0.5) is 0 Å². The van der Waals surface area contributed by atoms with Crippen molar-refractivity contribution >= 4 is 24.7 Å². The average Bonchev–Trinajstić information content (AvgIpc) is 3.13. The maximum absolute atomic E-state index is 12.3. The summed E-state index contributed by atoms with van der Waals surface area (Å²) in [5.74, 6) is -0.169. The molecule has 1 saturated heterocycles. The summed E-state index contributed by atoms with van der Waals surface area (Å²) < 4.78 is 12.9.